The van der Waals surface area contributed by atoms with Crippen molar-refractivity contribution in [3.8, 4) is 6.07 Å². The number of fused-ring (bicyclic) bond motifs is 8. The minimum absolute atomic E-state index is 0.539. The van der Waals surface area contributed by atoms with Gasteiger partial charge in [-0.15, -0.1) is 0 Å². The molecule has 2 fully saturated rings. The molecule has 9 rings (SSSR count). The van der Waals surface area contributed by atoms with E-state index in [0.29, 0.717) is 23.2 Å². The Bertz CT molecular complexity index is 2280. The van der Waals surface area contributed by atoms with Crippen LogP contribution in [0, 0.1) is 11.3 Å². The van der Waals surface area contributed by atoms with Crippen molar-refractivity contribution in [2.75, 3.05) is 22.9 Å². The number of piperidine rings is 2. The molecule has 2 aliphatic rings. The van der Waals surface area contributed by atoms with Gasteiger partial charge in [-0.1, -0.05) is 12.1 Å². The van der Waals surface area contributed by atoms with Crippen LogP contribution in [0.15, 0.2) is 75.6 Å². The number of hydrogen-bond acceptors (Lipinski definition) is 5. The van der Waals surface area contributed by atoms with Crippen molar-refractivity contribution >= 4 is 76.8 Å². The molecule has 0 saturated carbocycles. The predicted molar refractivity (Wildman–Crippen MR) is 182 cm³/mol. The van der Waals surface area contributed by atoms with Crippen molar-refractivity contribution < 1.29 is 8.83 Å². The first kappa shape index (κ1) is 25.8. The molecule has 2 aliphatic heterocycles. The maximum atomic E-state index is 10.5. The van der Waals surface area contributed by atoms with Gasteiger partial charge in [0.15, 0.2) is 5.58 Å². The van der Waals surface area contributed by atoms with E-state index in [1.807, 2.05) is 0 Å². The molecule has 5 aromatic carbocycles. The molecule has 0 amide bonds. The molecule has 0 radical (unpaired) electrons. The van der Waals surface area contributed by atoms with Gasteiger partial charge in [0.2, 0.25) is 0 Å². The molecule has 0 bridgehead atoms. The summed E-state index contributed by atoms with van der Waals surface area (Å²) in [6.07, 6.45) is 7.57. The zero-order valence-electron chi connectivity index (χ0n) is 25.3. The lowest BCUT2D eigenvalue weighted by molar-refractivity contribution is 0.485. The number of nitriles is 1. The van der Waals surface area contributed by atoms with Gasteiger partial charge in [0.25, 0.3) is 0 Å². The summed E-state index contributed by atoms with van der Waals surface area (Å²) < 4.78 is 13.0. The predicted octanol–water partition coefficient (Wildman–Crippen LogP) is 10.4. The average Bonchev–Trinajstić information content (AvgIpc) is 3.58. The summed E-state index contributed by atoms with van der Waals surface area (Å²) in [6, 6.07) is 27.8. The van der Waals surface area contributed by atoms with Crippen molar-refractivity contribution in [3.05, 3.63) is 72.3 Å². The van der Waals surface area contributed by atoms with E-state index in [1.54, 1.807) is 0 Å². The maximum absolute atomic E-state index is 10.5. The van der Waals surface area contributed by atoms with Crippen molar-refractivity contribution in [3.63, 3.8) is 0 Å². The van der Waals surface area contributed by atoms with Crippen LogP contribution < -0.4 is 9.80 Å². The number of furan rings is 2. The van der Waals surface area contributed by atoms with E-state index in [0.717, 1.165) is 67.5 Å². The third-order valence-electron chi connectivity index (χ3n) is 10.5. The van der Waals surface area contributed by atoms with E-state index < -0.39 is 0 Å². The zero-order valence-corrected chi connectivity index (χ0v) is 25.3. The molecule has 0 aliphatic carbocycles. The average molecular weight is 578 g/mol. The highest BCUT2D eigenvalue weighted by molar-refractivity contribution is 6.21. The first-order valence-electron chi connectivity index (χ1n) is 16.2. The topological polar surface area (TPSA) is 56.6 Å². The summed E-state index contributed by atoms with van der Waals surface area (Å²) in [5.74, 6) is 0. The number of hydrogen-bond donors (Lipinski definition) is 0. The lowest BCUT2D eigenvalue weighted by Gasteiger charge is -2.35. The molecule has 4 heterocycles. The fourth-order valence-corrected chi connectivity index (χ4v) is 8.05. The van der Waals surface area contributed by atoms with Crippen LogP contribution in [0.5, 0.6) is 0 Å². The van der Waals surface area contributed by atoms with Gasteiger partial charge in [-0.05, 0) is 129 Å². The summed E-state index contributed by atoms with van der Waals surface area (Å²) >= 11 is 0. The van der Waals surface area contributed by atoms with Crippen LogP contribution in [-0.4, -0.2) is 25.2 Å². The molecule has 2 saturated heterocycles. The van der Waals surface area contributed by atoms with E-state index in [1.165, 1.54) is 55.3 Å². The van der Waals surface area contributed by atoms with Crippen LogP contribution in [0.4, 0.5) is 11.4 Å². The minimum atomic E-state index is 0.539. The second kappa shape index (κ2) is 9.66. The number of nitrogens with zero attached hydrogens (tertiary/aromatic N) is 3. The third-order valence-corrected chi connectivity index (χ3v) is 10.5. The molecule has 7 aromatic rings. The first-order chi connectivity index (χ1) is 21.6. The molecule has 2 unspecified atom stereocenters. The van der Waals surface area contributed by atoms with Gasteiger partial charge in [-0.25, -0.2) is 0 Å². The fraction of sp³-hybridized carbons (Fsp3) is 0.308. The van der Waals surface area contributed by atoms with Crippen LogP contribution in [0.2, 0.25) is 0 Å². The zero-order chi connectivity index (χ0) is 29.5. The van der Waals surface area contributed by atoms with Crippen molar-refractivity contribution in [1.29, 1.82) is 5.26 Å². The molecule has 44 heavy (non-hydrogen) atoms. The number of rotatable bonds is 2. The van der Waals surface area contributed by atoms with E-state index in [-0.39, 0.29) is 0 Å². The molecular formula is C39H35N3O2. The van der Waals surface area contributed by atoms with Crippen LogP contribution in [-0.2, 0) is 0 Å². The van der Waals surface area contributed by atoms with Crippen molar-refractivity contribution in [2.45, 2.75) is 64.5 Å². The molecule has 5 nitrogen and oxygen atoms in total. The Hall–Kier alpha value is -4.69. The van der Waals surface area contributed by atoms with Gasteiger partial charge in [0.05, 0.1) is 0 Å². The molecule has 2 atom stereocenters. The Morgan fingerprint density at radius 3 is 1.80 bits per heavy atom. The Kier molecular flexibility index (Phi) is 5.66. The standard InChI is InChI=1S/C39H35N3O2/c1-23-7-3-5-13-41(23)29-11-9-25-17-31-32-21-37-38(34(22-40)39(32)44-35(31)19-27(25)15-29)33-18-26-10-12-30(16-28(26)20-36(33)43-37)42-14-6-4-8-24(42)2/h9-12,15-21,23-24H,3-8,13-14H2,1-2H3. The second-order valence-electron chi connectivity index (χ2n) is 13.2. The van der Waals surface area contributed by atoms with E-state index in [4.69, 9.17) is 8.83 Å². The van der Waals surface area contributed by atoms with Gasteiger partial charge in [-0.2, -0.15) is 5.26 Å². The van der Waals surface area contributed by atoms with E-state index >= 15 is 0 Å². The van der Waals surface area contributed by atoms with Gasteiger partial charge in [0, 0.05) is 58.1 Å². The number of benzene rings is 5. The van der Waals surface area contributed by atoms with Crippen LogP contribution in [0.3, 0.4) is 0 Å². The Balaban J connectivity index is 1.20. The SMILES string of the molecule is CC1CCCCN1c1ccc2cc3c(cc2c1)oc1c(C#N)c2c(cc13)oc1cc3cc(N4CCCCC4C)ccc3cc12. The highest BCUT2D eigenvalue weighted by Crippen LogP contribution is 2.42. The Labute approximate surface area is 256 Å². The molecular weight excluding hydrogens is 542 g/mol. The Morgan fingerprint density at radius 1 is 0.614 bits per heavy atom. The minimum Gasteiger partial charge on any atom is -0.456 e. The number of anilines is 2. The summed E-state index contributed by atoms with van der Waals surface area (Å²) in [7, 11) is 0. The van der Waals surface area contributed by atoms with Crippen LogP contribution in [0.25, 0.3) is 65.4 Å². The Morgan fingerprint density at radius 2 is 1.20 bits per heavy atom. The van der Waals surface area contributed by atoms with Gasteiger partial charge >= 0.3 is 0 Å². The largest absolute Gasteiger partial charge is 0.456 e. The fourth-order valence-electron chi connectivity index (χ4n) is 8.05. The van der Waals surface area contributed by atoms with Crippen LogP contribution in [0.1, 0.15) is 57.9 Å². The highest BCUT2D eigenvalue weighted by Gasteiger charge is 2.23. The lowest BCUT2D eigenvalue weighted by atomic mass is 9.99. The molecule has 0 N–H and O–H groups in total. The van der Waals surface area contributed by atoms with Gasteiger partial charge < -0.3 is 18.6 Å². The third kappa shape index (κ3) is 3.83. The summed E-state index contributed by atoms with van der Waals surface area (Å²) in [5, 5.41) is 18.8. The summed E-state index contributed by atoms with van der Waals surface area (Å²) in [5.41, 5.74) is 6.04. The normalized spacial score (nSPS) is 19.7. The molecule has 5 heteroatoms. The van der Waals surface area contributed by atoms with Crippen molar-refractivity contribution in [2.24, 2.45) is 0 Å². The molecule has 0 spiro atoms. The van der Waals surface area contributed by atoms with Crippen LogP contribution >= 0.6 is 0 Å². The lowest BCUT2D eigenvalue weighted by Crippen LogP contribution is -2.37. The van der Waals surface area contributed by atoms with Crippen molar-refractivity contribution in [1.82, 2.24) is 0 Å². The summed E-state index contributed by atoms with van der Waals surface area (Å²) in [4.78, 5) is 5.05. The molecule has 218 valence electrons. The van der Waals surface area contributed by atoms with Gasteiger partial charge in [-0.3, -0.25) is 0 Å². The monoisotopic (exact) mass is 577 g/mol. The van der Waals surface area contributed by atoms with Gasteiger partial charge in [0.1, 0.15) is 28.4 Å². The maximum Gasteiger partial charge on any atom is 0.154 e. The van der Waals surface area contributed by atoms with E-state index in [9.17, 15) is 5.26 Å². The summed E-state index contributed by atoms with van der Waals surface area (Å²) in [6.45, 7) is 6.86. The molecule has 2 aromatic heterocycles. The quantitative estimate of drug-likeness (QED) is 0.205. The first-order valence-corrected chi connectivity index (χ1v) is 16.2. The highest BCUT2D eigenvalue weighted by atomic mass is 16.3. The van der Waals surface area contributed by atoms with E-state index in [2.05, 4.69) is 96.4 Å². The smallest absolute Gasteiger partial charge is 0.154 e. The second-order valence-corrected chi connectivity index (χ2v) is 13.2.